The summed E-state index contributed by atoms with van der Waals surface area (Å²) >= 11 is 0. The van der Waals surface area contributed by atoms with E-state index in [1.165, 1.54) is 6.07 Å². The molecule has 1 aromatic rings. The van der Waals surface area contributed by atoms with Crippen LogP contribution in [0.3, 0.4) is 0 Å². The zero-order valence-electron chi connectivity index (χ0n) is 10.6. The lowest BCUT2D eigenvalue weighted by molar-refractivity contribution is 0.480. The SMILES string of the molecule is CC(Cc1ccccc1F)NC(C)CS(C)=O. The van der Waals surface area contributed by atoms with Gasteiger partial charge in [-0.3, -0.25) is 4.21 Å². The normalized spacial score (nSPS) is 16.5. The molecular weight excluding hydrogens is 237 g/mol. The minimum absolute atomic E-state index is 0.159. The summed E-state index contributed by atoms with van der Waals surface area (Å²) in [5, 5.41) is 3.33. The first-order chi connectivity index (χ1) is 7.99. The van der Waals surface area contributed by atoms with Crippen LogP contribution in [0.2, 0.25) is 0 Å². The molecule has 0 saturated heterocycles. The molecule has 0 heterocycles. The topological polar surface area (TPSA) is 29.1 Å². The van der Waals surface area contributed by atoms with Crippen molar-refractivity contribution in [2.45, 2.75) is 32.4 Å². The monoisotopic (exact) mass is 257 g/mol. The molecule has 1 aromatic carbocycles. The number of rotatable bonds is 6. The van der Waals surface area contributed by atoms with Crippen molar-refractivity contribution in [3.05, 3.63) is 35.6 Å². The van der Waals surface area contributed by atoms with Gasteiger partial charge in [-0.15, -0.1) is 0 Å². The second-order valence-corrected chi connectivity index (χ2v) is 5.98. The van der Waals surface area contributed by atoms with Gasteiger partial charge in [-0.2, -0.15) is 0 Å². The Kier molecular flexibility index (Phi) is 5.78. The Morgan fingerprint density at radius 2 is 1.94 bits per heavy atom. The third-order valence-electron chi connectivity index (χ3n) is 2.54. The first-order valence-corrected chi connectivity index (χ1v) is 7.51. The Morgan fingerprint density at radius 3 is 2.53 bits per heavy atom. The highest BCUT2D eigenvalue weighted by Crippen LogP contribution is 2.09. The number of benzene rings is 1. The molecule has 1 rings (SSSR count). The molecule has 0 amide bonds. The lowest BCUT2D eigenvalue weighted by Crippen LogP contribution is -2.39. The van der Waals surface area contributed by atoms with Gasteiger partial charge in [0.1, 0.15) is 5.82 Å². The molecule has 1 N–H and O–H groups in total. The Morgan fingerprint density at radius 1 is 1.29 bits per heavy atom. The summed E-state index contributed by atoms with van der Waals surface area (Å²) in [6, 6.07) is 7.17. The molecule has 0 bridgehead atoms. The average molecular weight is 257 g/mol. The van der Waals surface area contributed by atoms with Crippen molar-refractivity contribution in [1.29, 1.82) is 0 Å². The fourth-order valence-corrected chi connectivity index (χ4v) is 2.74. The summed E-state index contributed by atoms with van der Waals surface area (Å²) in [6.45, 7) is 4.01. The van der Waals surface area contributed by atoms with E-state index in [0.717, 1.165) is 5.56 Å². The van der Waals surface area contributed by atoms with E-state index in [1.807, 2.05) is 19.9 Å². The van der Waals surface area contributed by atoms with E-state index in [9.17, 15) is 8.60 Å². The van der Waals surface area contributed by atoms with Gasteiger partial charge in [-0.1, -0.05) is 18.2 Å². The highest BCUT2D eigenvalue weighted by Gasteiger charge is 2.11. The number of nitrogens with one attached hydrogen (secondary N) is 1. The Balaban J connectivity index is 2.47. The van der Waals surface area contributed by atoms with Gasteiger partial charge in [0, 0.05) is 34.9 Å². The van der Waals surface area contributed by atoms with Crippen molar-refractivity contribution >= 4 is 10.8 Å². The van der Waals surface area contributed by atoms with Crippen LogP contribution >= 0.6 is 0 Å². The largest absolute Gasteiger partial charge is 0.311 e. The predicted molar refractivity (Wildman–Crippen MR) is 71.1 cm³/mol. The van der Waals surface area contributed by atoms with Crippen molar-refractivity contribution < 1.29 is 8.60 Å². The smallest absolute Gasteiger partial charge is 0.126 e. The van der Waals surface area contributed by atoms with E-state index in [2.05, 4.69) is 5.32 Å². The molecule has 4 heteroatoms. The molecule has 0 aliphatic heterocycles. The first kappa shape index (κ1) is 14.3. The number of halogens is 1. The third-order valence-corrected chi connectivity index (χ3v) is 3.51. The molecule has 2 nitrogen and oxygen atoms in total. The lowest BCUT2D eigenvalue weighted by atomic mass is 10.1. The van der Waals surface area contributed by atoms with Gasteiger partial charge >= 0.3 is 0 Å². The van der Waals surface area contributed by atoms with Gasteiger partial charge in [0.25, 0.3) is 0 Å². The maximum atomic E-state index is 13.4. The molecule has 0 fully saturated rings. The van der Waals surface area contributed by atoms with Crippen molar-refractivity contribution in [3.63, 3.8) is 0 Å². The van der Waals surface area contributed by atoms with Gasteiger partial charge in [0.05, 0.1) is 0 Å². The van der Waals surface area contributed by atoms with Crippen LogP contribution in [0, 0.1) is 5.82 Å². The van der Waals surface area contributed by atoms with Gasteiger partial charge in [0.2, 0.25) is 0 Å². The van der Waals surface area contributed by atoms with Crippen molar-refractivity contribution in [3.8, 4) is 0 Å². The minimum Gasteiger partial charge on any atom is -0.311 e. The van der Waals surface area contributed by atoms with Gasteiger partial charge in [-0.25, -0.2) is 4.39 Å². The molecule has 3 unspecified atom stereocenters. The van der Waals surface area contributed by atoms with E-state index < -0.39 is 10.8 Å². The molecular formula is C13H20FNOS. The molecule has 3 atom stereocenters. The molecule has 0 aromatic heterocycles. The predicted octanol–water partition coefficient (Wildman–Crippen LogP) is 2.11. The van der Waals surface area contributed by atoms with Crippen molar-refractivity contribution in [2.75, 3.05) is 12.0 Å². The zero-order chi connectivity index (χ0) is 12.8. The molecule has 0 radical (unpaired) electrons. The third kappa shape index (κ3) is 5.41. The Bertz CT molecular complexity index is 383. The second-order valence-electron chi connectivity index (χ2n) is 4.50. The minimum atomic E-state index is -0.800. The van der Waals surface area contributed by atoms with Crippen LogP contribution in [0.15, 0.2) is 24.3 Å². The summed E-state index contributed by atoms with van der Waals surface area (Å²) in [7, 11) is -0.800. The van der Waals surface area contributed by atoms with Crippen LogP contribution in [0.5, 0.6) is 0 Å². The van der Waals surface area contributed by atoms with Gasteiger partial charge in [-0.05, 0) is 31.9 Å². The Labute approximate surface area is 105 Å². The van der Waals surface area contributed by atoms with Crippen LogP contribution < -0.4 is 5.32 Å². The molecule has 0 aliphatic rings. The highest BCUT2D eigenvalue weighted by atomic mass is 32.2. The fraction of sp³-hybridized carbons (Fsp3) is 0.538. The van der Waals surface area contributed by atoms with Crippen LogP contribution in [0.1, 0.15) is 19.4 Å². The molecule has 0 aliphatic carbocycles. The first-order valence-electron chi connectivity index (χ1n) is 5.78. The van der Waals surface area contributed by atoms with Crippen LogP contribution in [-0.2, 0) is 17.2 Å². The number of hydrogen-bond acceptors (Lipinski definition) is 2. The van der Waals surface area contributed by atoms with Crippen LogP contribution in [0.25, 0.3) is 0 Å². The van der Waals surface area contributed by atoms with Gasteiger partial charge < -0.3 is 5.32 Å². The average Bonchev–Trinajstić information content (AvgIpc) is 2.19. The second kappa shape index (κ2) is 6.87. The quantitative estimate of drug-likeness (QED) is 0.845. The molecule has 17 heavy (non-hydrogen) atoms. The standard InChI is InChI=1S/C13H20FNOS/c1-10(15-11(2)9-17(3)16)8-12-6-4-5-7-13(12)14/h4-7,10-11,15H,8-9H2,1-3H3. The van der Waals surface area contributed by atoms with Crippen molar-refractivity contribution in [2.24, 2.45) is 0 Å². The van der Waals surface area contributed by atoms with Gasteiger partial charge in [0.15, 0.2) is 0 Å². The fourth-order valence-electron chi connectivity index (χ4n) is 1.94. The lowest BCUT2D eigenvalue weighted by Gasteiger charge is -2.19. The van der Waals surface area contributed by atoms with E-state index in [-0.39, 0.29) is 17.9 Å². The van der Waals surface area contributed by atoms with Crippen LogP contribution in [-0.4, -0.2) is 28.3 Å². The summed E-state index contributed by atoms with van der Waals surface area (Å²) in [5.74, 6) is 0.467. The molecule has 0 saturated carbocycles. The zero-order valence-corrected chi connectivity index (χ0v) is 11.4. The summed E-state index contributed by atoms with van der Waals surface area (Å²) in [5.41, 5.74) is 0.720. The van der Waals surface area contributed by atoms with E-state index in [0.29, 0.717) is 12.2 Å². The molecule has 96 valence electrons. The highest BCUT2D eigenvalue weighted by molar-refractivity contribution is 7.84. The summed E-state index contributed by atoms with van der Waals surface area (Å²) < 4.78 is 24.5. The summed E-state index contributed by atoms with van der Waals surface area (Å²) in [6.07, 6.45) is 2.34. The van der Waals surface area contributed by atoms with E-state index in [1.54, 1.807) is 18.4 Å². The molecule has 0 spiro atoms. The number of hydrogen-bond donors (Lipinski definition) is 1. The maximum Gasteiger partial charge on any atom is 0.126 e. The van der Waals surface area contributed by atoms with E-state index >= 15 is 0 Å². The van der Waals surface area contributed by atoms with Crippen LogP contribution in [0.4, 0.5) is 4.39 Å². The summed E-state index contributed by atoms with van der Waals surface area (Å²) in [4.78, 5) is 0. The Hall–Kier alpha value is -0.740. The van der Waals surface area contributed by atoms with E-state index in [4.69, 9.17) is 0 Å². The van der Waals surface area contributed by atoms with Crippen molar-refractivity contribution in [1.82, 2.24) is 5.32 Å². The maximum absolute atomic E-state index is 13.4.